The number of carbonyl (C=O) groups excluding carboxylic acids is 2. The monoisotopic (exact) mass is 199 g/mol. The van der Waals surface area contributed by atoms with Crippen LogP contribution in [0.4, 0.5) is 0 Å². The molecule has 80 valence electrons. The van der Waals surface area contributed by atoms with Crippen LogP contribution < -0.4 is 0 Å². The van der Waals surface area contributed by atoms with Gasteiger partial charge in [-0.1, -0.05) is 6.08 Å². The molecule has 0 aromatic heterocycles. The molecule has 0 aliphatic rings. The smallest absolute Gasteiger partial charge is 0.306 e. The zero-order chi connectivity index (χ0) is 11.0. The van der Waals surface area contributed by atoms with Gasteiger partial charge in [0.25, 0.3) is 0 Å². The Balaban J connectivity index is 3.72. The summed E-state index contributed by atoms with van der Waals surface area (Å²) in [6.07, 6.45) is 1.99. The minimum atomic E-state index is -0.326. The van der Waals surface area contributed by atoms with Gasteiger partial charge in [0, 0.05) is 20.0 Å². The maximum atomic E-state index is 11.3. The number of hydrogen-bond donors (Lipinski definition) is 0. The largest absolute Gasteiger partial charge is 0.466 e. The molecule has 14 heavy (non-hydrogen) atoms. The van der Waals surface area contributed by atoms with Crippen LogP contribution in [0.3, 0.4) is 0 Å². The molecule has 0 aliphatic heterocycles. The minimum Gasteiger partial charge on any atom is -0.466 e. The molecule has 0 spiro atoms. The molecule has 0 saturated heterocycles. The van der Waals surface area contributed by atoms with Crippen molar-refractivity contribution in [2.75, 3.05) is 20.2 Å². The van der Waals surface area contributed by atoms with Crippen molar-refractivity contribution in [3.8, 4) is 0 Å². The molecule has 0 aromatic carbocycles. The van der Waals surface area contributed by atoms with Crippen molar-refractivity contribution in [3.63, 3.8) is 0 Å². The highest BCUT2D eigenvalue weighted by Crippen LogP contribution is 1.97. The molecule has 0 atom stereocenters. The van der Waals surface area contributed by atoms with Crippen molar-refractivity contribution in [3.05, 3.63) is 12.7 Å². The fraction of sp³-hybridized carbons (Fsp3) is 0.600. The van der Waals surface area contributed by atoms with Crippen LogP contribution in [0.1, 0.15) is 19.8 Å². The van der Waals surface area contributed by atoms with Gasteiger partial charge in [0.1, 0.15) is 0 Å². The first-order chi connectivity index (χ1) is 6.61. The quantitative estimate of drug-likeness (QED) is 0.473. The minimum absolute atomic E-state index is 0.0713. The van der Waals surface area contributed by atoms with Crippen molar-refractivity contribution >= 4 is 11.9 Å². The van der Waals surface area contributed by atoms with Gasteiger partial charge in [0.05, 0.1) is 13.0 Å². The van der Waals surface area contributed by atoms with Gasteiger partial charge in [-0.05, 0) is 6.92 Å². The first-order valence-corrected chi connectivity index (χ1v) is 4.62. The predicted octanol–water partition coefficient (Wildman–Crippen LogP) is 0.974. The van der Waals surface area contributed by atoms with Crippen LogP contribution in [0.2, 0.25) is 0 Å². The Morgan fingerprint density at radius 3 is 2.57 bits per heavy atom. The van der Waals surface area contributed by atoms with E-state index in [1.165, 1.54) is 4.90 Å². The van der Waals surface area contributed by atoms with E-state index in [2.05, 4.69) is 6.58 Å². The third kappa shape index (κ3) is 5.35. The van der Waals surface area contributed by atoms with E-state index >= 15 is 0 Å². The van der Waals surface area contributed by atoms with E-state index in [1.54, 1.807) is 20.0 Å². The van der Waals surface area contributed by atoms with Gasteiger partial charge in [-0.25, -0.2) is 0 Å². The average Bonchev–Trinajstić information content (AvgIpc) is 2.15. The Hall–Kier alpha value is -1.32. The van der Waals surface area contributed by atoms with Crippen LogP contribution >= 0.6 is 0 Å². The van der Waals surface area contributed by atoms with E-state index in [0.717, 1.165) is 0 Å². The van der Waals surface area contributed by atoms with Crippen LogP contribution in [0.15, 0.2) is 12.7 Å². The van der Waals surface area contributed by atoms with E-state index in [4.69, 9.17) is 4.74 Å². The van der Waals surface area contributed by atoms with Crippen LogP contribution in [0, 0.1) is 0 Å². The van der Waals surface area contributed by atoms with Crippen LogP contribution in [0.5, 0.6) is 0 Å². The summed E-state index contributed by atoms with van der Waals surface area (Å²) < 4.78 is 4.70. The molecule has 0 aliphatic carbocycles. The predicted molar refractivity (Wildman–Crippen MR) is 53.7 cm³/mol. The third-order valence-electron chi connectivity index (χ3n) is 1.68. The second-order valence-corrected chi connectivity index (χ2v) is 2.87. The lowest BCUT2D eigenvalue weighted by Crippen LogP contribution is -2.27. The molecule has 0 saturated carbocycles. The molecule has 0 fully saturated rings. The van der Waals surface area contributed by atoms with E-state index in [-0.39, 0.29) is 24.7 Å². The SMILES string of the molecule is C=CCN(C)C(=O)CCC(=O)OCC. The molecule has 0 heterocycles. The van der Waals surface area contributed by atoms with Crippen molar-refractivity contribution in [1.82, 2.24) is 4.90 Å². The van der Waals surface area contributed by atoms with Crippen LogP contribution in [0.25, 0.3) is 0 Å². The fourth-order valence-electron chi connectivity index (χ4n) is 0.928. The number of hydrogen-bond acceptors (Lipinski definition) is 3. The summed E-state index contributed by atoms with van der Waals surface area (Å²) in [5.74, 6) is -0.397. The third-order valence-corrected chi connectivity index (χ3v) is 1.68. The highest BCUT2D eigenvalue weighted by atomic mass is 16.5. The van der Waals surface area contributed by atoms with Crippen molar-refractivity contribution in [2.24, 2.45) is 0 Å². The van der Waals surface area contributed by atoms with E-state index in [0.29, 0.717) is 13.2 Å². The standard InChI is InChI=1S/C10H17NO3/c1-4-8-11(3)9(12)6-7-10(13)14-5-2/h4H,1,5-8H2,2-3H3. The molecule has 4 heteroatoms. The van der Waals surface area contributed by atoms with E-state index in [1.807, 2.05) is 0 Å². The lowest BCUT2D eigenvalue weighted by Gasteiger charge is -2.13. The molecular formula is C10H17NO3. The van der Waals surface area contributed by atoms with Gasteiger partial charge >= 0.3 is 5.97 Å². The topological polar surface area (TPSA) is 46.6 Å². The highest BCUT2D eigenvalue weighted by molar-refractivity contribution is 5.81. The van der Waals surface area contributed by atoms with Crippen molar-refractivity contribution in [2.45, 2.75) is 19.8 Å². The molecule has 0 unspecified atom stereocenters. The van der Waals surface area contributed by atoms with Gasteiger partial charge in [-0.15, -0.1) is 6.58 Å². The highest BCUT2D eigenvalue weighted by Gasteiger charge is 2.10. The van der Waals surface area contributed by atoms with Crippen molar-refractivity contribution in [1.29, 1.82) is 0 Å². The Labute approximate surface area is 84.5 Å². The maximum absolute atomic E-state index is 11.3. The van der Waals surface area contributed by atoms with Gasteiger partial charge in [0.2, 0.25) is 5.91 Å². The average molecular weight is 199 g/mol. The molecule has 1 amide bonds. The maximum Gasteiger partial charge on any atom is 0.306 e. The first-order valence-electron chi connectivity index (χ1n) is 4.62. The molecule has 0 bridgehead atoms. The fourth-order valence-corrected chi connectivity index (χ4v) is 0.928. The van der Waals surface area contributed by atoms with E-state index in [9.17, 15) is 9.59 Å². The number of rotatable bonds is 6. The molecule has 0 radical (unpaired) electrons. The number of ether oxygens (including phenoxy) is 1. The summed E-state index contributed by atoms with van der Waals surface area (Å²) in [7, 11) is 1.68. The van der Waals surface area contributed by atoms with Gasteiger partial charge < -0.3 is 9.64 Å². The summed E-state index contributed by atoms with van der Waals surface area (Å²) in [6.45, 7) is 6.12. The van der Waals surface area contributed by atoms with Gasteiger partial charge in [0.15, 0.2) is 0 Å². The molecule has 0 aromatic rings. The van der Waals surface area contributed by atoms with Crippen LogP contribution in [-0.4, -0.2) is 37.0 Å². The Morgan fingerprint density at radius 1 is 1.43 bits per heavy atom. The normalized spacial score (nSPS) is 9.29. The van der Waals surface area contributed by atoms with Gasteiger partial charge in [-0.3, -0.25) is 9.59 Å². The lowest BCUT2D eigenvalue weighted by atomic mass is 10.3. The van der Waals surface area contributed by atoms with Crippen LogP contribution in [-0.2, 0) is 14.3 Å². The number of amides is 1. The second kappa shape index (κ2) is 7.12. The molecule has 4 nitrogen and oxygen atoms in total. The Morgan fingerprint density at radius 2 is 2.07 bits per heavy atom. The number of likely N-dealkylation sites (N-methyl/N-ethyl adjacent to an activating group) is 1. The molecular weight excluding hydrogens is 182 g/mol. The number of esters is 1. The zero-order valence-electron chi connectivity index (χ0n) is 8.78. The molecule has 0 N–H and O–H groups in total. The lowest BCUT2D eigenvalue weighted by molar-refractivity contribution is -0.145. The summed E-state index contributed by atoms with van der Waals surface area (Å²) in [5.41, 5.74) is 0. The summed E-state index contributed by atoms with van der Waals surface area (Å²) >= 11 is 0. The molecule has 0 rings (SSSR count). The summed E-state index contributed by atoms with van der Waals surface area (Å²) in [5, 5.41) is 0. The summed E-state index contributed by atoms with van der Waals surface area (Å²) in [6, 6.07) is 0. The summed E-state index contributed by atoms with van der Waals surface area (Å²) in [4.78, 5) is 23.7. The second-order valence-electron chi connectivity index (χ2n) is 2.87. The van der Waals surface area contributed by atoms with E-state index < -0.39 is 0 Å². The number of nitrogens with zero attached hydrogens (tertiary/aromatic N) is 1. The zero-order valence-corrected chi connectivity index (χ0v) is 8.78. The number of carbonyl (C=O) groups is 2. The first kappa shape index (κ1) is 12.7. The Bertz CT molecular complexity index is 213. The Kier molecular flexibility index (Phi) is 6.45. The van der Waals surface area contributed by atoms with Crippen molar-refractivity contribution < 1.29 is 14.3 Å². The van der Waals surface area contributed by atoms with Gasteiger partial charge in [-0.2, -0.15) is 0 Å².